The number of benzene rings is 1. The maximum absolute atomic E-state index is 5.83. The zero-order chi connectivity index (χ0) is 19.3. The molecule has 1 fully saturated rings. The predicted molar refractivity (Wildman–Crippen MR) is 112 cm³/mol. The molecule has 28 heavy (non-hydrogen) atoms. The summed E-state index contributed by atoms with van der Waals surface area (Å²) in [5.74, 6) is 0.864. The van der Waals surface area contributed by atoms with E-state index in [-0.39, 0.29) is 6.10 Å². The van der Waals surface area contributed by atoms with Crippen LogP contribution in [0.2, 0.25) is 0 Å². The third-order valence-electron chi connectivity index (χ3n) is 4.91. The number of hydrogen-bond acceptors (Lipinski definition) is 6. The second kappa shape index (κ2) is 8.75. The van der Waals surface area contributed by atoms with Crippen LogP contribution in [0, 0.1) is 6.92 Å². The highest BCUT2D eigenvalue weighted by Gasteiger charge is 2.17. The van der Waals surface area contributed by atoms with E-state index in [1.54, 1.807) is 18.4 Å². The maximum atomic E-state index is 5.83. The lowest BCUT2D eigenvalue weighted by Crippen LogP contribution is -2.24. The maximum Gasteiger partial charge on any atom is 0.183 e. The van der Waals surface area contributed by atoms with E-state index in [9.17, 15) is 0 Å². The van der Waals surface area contributed by atoms with Crippen LogP contribution in [0.1, 0.15) is 30.5 Å². The van der Waals surface area contributed by atoms with Gasteiger partial charge < -0.3 is 14.8 Å². The average molecular weight is 399 g/mol. The highest BCUT2D eigenvalue weighted by molar-refractivity contribution is 7.19. The molecule has 1 aliphatic rings. The Labute approximate surface area is 169 Å². The first kappa shape index (κ1) is 19.0. The molecule has 0 bridgehead atoms. The van der Waals surface area contributed by atoms with Crippen LogP contribution in [-0.4, -0.2) is 34.6 Å². The minimum atomic E-state index is 0.282. The molecule has 3 heterocycles. The normalized spacial score (nSPS) is 16.9. The standard InChI is InChI=1S/C21H26N4O2S/c1-15-20(19-9-10-25(24-19)14-18-7-3-4-11-27-18)28-21(23-15)22-13-16-6-5-8-17(12-16)26-2/h5-6,8-10,12,18H,3-4,7,11,13-14H2,1-2H3,(H,22,23)/t18-/m1/s1. The van der Waals surface area contributed by atoms with Crippen LogP contribution in [0.5, 0.6) is 5.75 Å². The summed E-state index contributed by atoms with van der Waals surface area (Å²) in [6, 6.07) is 10.1. The van der Waals surface area contributed by atoms with E-state index in [2.05, 4.69) is 22.4 Å². The fourth-order valence-corrected chi connectivity index (χ4v) is 4.34. The first-order valence-corrected chi connectivity index (χ1v) is 10.5. The molecule has 1 atom stereocenters. The second-order valence-corrected chi connectivity index (χ2v) is 8.05. The van der Waals surface area contributed by atoms with E-state index >= 15 is 0 Å². The molecular weight excluding hydrogens is 372 g/mol. The van der Waals surface area contributed by atoms with Gasteiger partial charge in [0.15, 0.2) is 5.13 Å². The van der Waals surface area contributed by atoms with E-state index in [4.69, 9.17) is 14.6 Å². The number of methoxy groups -OCH3 is 1. The summed E-state index contributed by atoms with van der Waals surface area (Å²) in [6.07, 6.45) is 5.86. The first-order valence-electron chi connectivity index (χ1n) is 9.71. The largest absolute Gasteiger partial charge is 0.497 e. The molecule has 2 aromatic heterocycles. The van der Waals surface area contributed by atoms with Gasteiger partial charge in [-0.2, -0.15) is 5.10 Å². The molecule has 0 spiro atoms. The van der Waals surface area contributed by atoms with Crippen LogP contribution in [0.25, 0.3) is 10.6 Å². The molecule has 1 N–H and O–H groups in total. The smallest absolute Gasteiger partial charge is 0.183 e. The molecule has 1 aliphatic heterocycles. The Morgan fingerprint density at radius 2 is 2.25 bits per heavy atom. The quantitative estimate of drug-likeness (QED) is 0.635. The Kier molecular flexibility index (Phi) is 5.92. The minimum Gasteiger partial charge on any atom is -0.497 e. The third-order valence-corrected chi connectivity index (χ3v) is 6.05. The molecule has 6 nitrogen and oxygen atoms in total. The topological polar surface area (TPSA) is 61.2 Å². The summed E-state index contributed by atoms with van der Waals surface area (Å²) < 4.78 is 13.1. The molecule has 0 saturated carbocycles. The van der Waals surface area contributed by atoms with Gasteiger partial charge in [-0.25, -0.2) is 4.98 Å². The molecule has 1 saturated heterocycles. The fourth-order valence-electron chi connectivity index (χ4n) is 3.41. The lowest BCUT2D eigenvalue weighted by atomic mass is 10.1. The SMILES string of the molecule is COc1cccc(CNc2nc(C)c(-c3ccn(C[C@H]4CCCCO4)n3)s2)c1. The number of nitrogens with zero attached hydrogens (tertiary/aromatic N) is 3. The number of rotatable bonds is 7. The van der Waals surface area contributed by atoms with Crippen LogP contribution in [0.15, 0.2) is 36.5 Å². The van der Waals surface area contributed by atoms with Gasteiger partial charge >= 0.3 is 0 Å². The van der Waals surface area contributed by atoms with Gasteiger partial charge in [0.05, 0.1) is 30.3 Å². The molecule has 0 unspecified atom stereocenters. The van der Waals surface area contributed by atoms with Gasteiger partial charge in [0.25, 0.3) is 0 Å². The summed E-state index contributed by atoms with van der Waals surface area (Å²) in [4.78, 5) is 5.78. The Hall–Kier alpha value is -2.38. The average Bonchev–Trinajstić information content (AvgIpc) is 3.33. The predicted octanol–water partition coefficient (Wildman–Crippen LogP) is 4.50. The van der Waals surface area contributed by atoms with Gasteiger partial charge in [-0.05, 0) is 49.9 Å². The van der Waals surface area contributed by atoms with E-state index in [0.717, 1.165) is 52.3 Å². The van der Waals surface area contributed by atoms with Crippen molar-refractivity contribution in [1.82, 2.24) is 14.8 Å². The number of ether oxygens (including phenoxy) is 2. The van der Waals surface area contributed by atoms with E-state index < -0.39 is 0 Å². The van der Waals surface area contributed by atoms with Crippen LogP contribution in [0.3, 0.4) is 0 Å². The Balaban J connectivity index is 1.41. The number of aryl methyl sites for hydroxylation is 1. The Bertz CT molecular complexity index is 915. The lowest BCUT2D eigenvalue weighted by Gasteiger charge is -2.22. The molecule has 4 rings (SSSR count). The fraction of sp³-hybridized carbons (Fsp3) is 0.429. The molecule has 0 amide bonds. The third kappa shape index (κ3) is 4.54. The van der Waals surface area contributed by atoms with E-state index in [1.165, 1.54) is 12.8 Å². The molecule has 3 aromatic rings. The van der Waals surface area contributed by atoms with Crippen molar-refractivity contribution in [3.05, 3.63) is 47.8 Å². The number of hydrogen-bond donors (Lipinski definition) is 1. The van der Waals surface area contributed by atoms with Crippen LogP contribution in [0.4, 0.5) is 5.13 Å². The summed E-state index contributed by atoms with van der Waals surface area (Å²) in [5.41, 5.74) is 3.13. The van der Waals surface area contributed by atoms with Gasteiger partial charge in [-0.3, -0.25) is 4.68 Å². The Morgan fingerprint density at radius 1 is 1.32 bits per heavy atom. The molecule has 1 aromatic carbocycles. The lowest BCUT2D eigenvalue weighted by molar-refractivity contribution is 0.00403. The molecular formula is C21H26N4O2S. The van der Waals surface area contributed by atoms with Crippen molar-refractivity contribution in [2.45, 2.75) is 45.4 Å². The van der Waals surface area contributed by atoms with Gasteiger partial charge in [0.1, 0.15) is 11.4 Å². The number of thiazole rings is 1. The molecule has 7 heteroatoms. The second-order valence-electron chi connectivity index (χ2n) is 7.05. The van der Waals surface area contributed by atoms with Gasteiger partial charge in [0, 0.05) is 19.3 Å². The van der Waals surface area contributed by atoms with Gasteiger partial charge in [-0.15, -0.1) is 0 Å². The number of anilines is 1. The van der Waals surface area contributed by atoms with Crippen LogP contribution >= 0.6 is 11.3 Å². The molecule has 148 valence electrons. The van der Waals surface area contributed by atoms with Crippen LogP contribution in [-0.2, 0) is 17.8 Å². The first-order chi connectivity index (χ1) is 13.7. The molecule has 0 radical (unpaired) electrons. The van der Waals surface area contributed by atoms with Crippen molar-refractivity contribution in [2.75, 3.05) is 19.0 Å². The van der Waals surface area contributed by atoms with Crippen molar-refractivity contribution in [3.8, 4) is 16.3 Å². The number of aromatic nitrogens is 3. The van der Waals surface area contributed by atoms with Crippen LogP contribution < -0.4 is 10.1 Å². The summed E-state index contributed by atoms with van der Waals surface area (Å²) in [7, 11) is 1.68. The zero-order valence-corrected chi connectivity index (χ0v) is 17.2. The van der Waals surface area contributed by atoms with Crippen molar-refractivity contribution < 1.29 is 9.47 Å². The highest BCUT2D eigenvalue weighted by Crippen LogP contribution is 2.32. The number of nitrogens with one attached hydrogen (secondary N) is 1. The zero-order valence-electron chi connectivity index (χ0n) is 16.4. The summed E-state index contributed by atoms with van der Waals surface area (Å²) in [5, 5.41) is 9.07. The minimum absolute atomic E-state index is 0.282. The van der Waals surface area contributed by atoms with Crippen molar-refractivity contribution >= 4 is 16.5 Å². The van der Waals surface area contributed by atoms with Crippen molar-refractivity contribution in [3.63, 3.8) is 0 Å². The van der Waals surface area contributed by atoms with E-state index in [1.807, 2.05) is 36.0 Å². The van der Waals surface area contributed by atoms with Gasteiger partial charge in [0.2, 0.25) is 0 Å². The van der Waals surface area contributed by atoms with Gasteiger partial charge in [-0.1, -0.05) is 23.5 Å². The van der Waals surface area contributed by atoms with Crippen molar-refractivity contribution in [1.29, 1.82) is 0 Å². The molecule has 0 aliphatic carbocycles. The summed E-state index contributed by atoms with van der Waals surface area (Å²) in [6.45, 7) is 4.43. The Morgan fingerprint density at radius 3 is 3.07 bits per heavy atom. The van der Waals surface area contributed by atoms with Crippen molar-refractivity contribution in [2.24, 2.45) is 0 Å². The van der Waals surface area contributed by atoms with E-state index in [0.29, 0.717) is 6.54 Å². The summed E-state index contributed by atoms with van der Waals surface area (Å²) >= 11 is 1.64. The highest BCUT2D eigenvalue weighted by atomic mass is 32.1. The monoisotopic (exact) mass is 398 g/mol.